The van der Waals surface area contributed by atoms with Crippen molar-refractivity contribution in [3.05, 3.63) is 65.5 Å². The van der Waals surface area contributed by atoms with E-state index in [2.05, 4.69) is 29.8 Å². The van der Waals surface area contributed by atoms with E-state index in [9.17, 15) is 8.78 Å². The van der Waals surface area contributed by atoms with E-state index in [1.165, 1.54) is 25.3 Å². The second kappa shape index (κ2) is 8.93. The largest absolute Gasteiger partial charge is 0.268 e. The molecule has 0 N–H and O–H groups in total. The first kappa shape index (κ1) is 19.3. The number of fused-ring (bicyclic) bond motifs is 1. The SMILES string of the molecule is CCCCCCCC(c1ccc(F)cc1F)c1nc2ccccc2n1I. The maximum absolute atomic E-state index is 14.5. The smallest absolute Gasteiger partial charge is 0.130 e. The van der Waals surface area contributed by atoms with Crippen LogP contribution in [0.4, 0.5) is 8.78 Å². The lowest BCUT2D eigenvalue weighted by molar-refractivity contribution is 0.531. The summed E-state index contributed by atoms with van der Waals surface area (Å²) in [4.78, 5) is 4.76. The minimum atomic E-state index is -0.545. The van der Waals surface area contributed by atoms with Gasteiger partial charge < -0.3 is 0 Å². The Balaban J connectivity index is 1.94. The highest BCUT2D eigenvalue weighted by Crippen LogP contribution is 2.34. The number of imidazole rings is 1. The third kappa shape index (κ3) is 4.24. The van der Waals surface area contributed by atoms with Gasteiger partial charge in [0.05, 0.1) is 33.9 Å². The highest BCUT2D eigenvalue weighted by atomic mass is 127. The van der Waals surface area contributed by atoms with E-state index in [0.717, 1.165) is 42.2 Å². The molecule has 1 atom stereocenters. The second-order valence-corrected chi connectivity index (χ2v) is 7.63. The van der Waals surface area contributed by atoms with Crippen LogP contribution in [0.2, 0.25) is 0 Å². The Morgan fingerprint density at radius 2 is 1.81 bits per heavy atom. The van der Waals surface area contributed by atoms with Crippen molar-refractivity contribution in [1.29, 1.82) is 0 Å². The monoisotopic (exact) mass is 468 g/mol. The van der Waals surface area contributed by atoms with Gasteiger partial charge in [0, 0.05) is 12.0 Å². The van der Waals surface area contributed by atoms with Gasteiger partial charge in [-0.2, -0.15) is 0 Å². The predicted molar refractivity (Wildman–Crippen MR) is 111 cm³/mol. The van der Waals surface area contributed by atoms with E-state index in [1.54, 1.807) is 6.07 Å². The van der Waals surface area contributed by atoms with Gasteiger partial charge in [-0.3, -0.25) is 2.78 Å². The van der Waals surface area contributed by atoms with Gasteiger partial charge in [0.1, 0.15) is 17.5 Å². The second-order valence-electron chi connectivity index (χ2n) is 6.66. The molecule has 2 nitrogen and oxygen atoms in total. The van der Waals surface area contributed by atoms with Gasteiger partial charge in [0.25, 0.3) is 0 Å². The number of hydrogen-bond acceptors (Lipinski definition) is 1. The van der Waals surface area contributed by atoms with E-state index in [1.807, 2.05) is 27.0 Å². The molecule has 0 aliphatic heterocycles. The Morgan fingerprint density at radius 3 is 2.54 bits per heavy atom. The lowest BCUT2D eigenvalue weighted by atomic mass is 9.91. The van der Waals surface area contributed by atoms with Gasteiger partial charge in [0.15, 0.2) is 0 Å². The molecule has 2 aromatic carbocycles. The highest BCUT2D eigenvalue weighted by molar-refractivity contribution is 14.1. The fourth-order valence-electron chi connectivity index (χ4n) is 3.39. The Kier molecular flexibility index (Phi) is 6.62. The quantitative estimate of drug-likeness (QED) is 0.257. The number of benzene rings is 2. The van der Waals surface area contributed by atoms with Crippen molar-refractivity contribution >= 4 is 33.9 Å². The van der Waals surface area contributed by atoms with Crippen LogP contribution in [0.15, 0.2) is 42.5 Å². The molecule has 3 rings (SSSR count). The van der Waals surface area contributed by atoms with Gasteiger partial charge in [-0.05, 0) is 30.2 Å². The molecular formula is C21H23F2IN2. The maximum Gasteiger partial charge on any atom is 0.130 e. The van der Waals surface area contributed by atoms with Gasteiger partial charge >= 0.3 is 0 Å². The third-order valence-electron chi connectivity index (χ3n) is 4.78. The number of aromatic nitrogens is 2. The van der Waals surface area contributed by atoms with Crippen LogP contribution < -0.4 is 0 Å². The van der Waals surface area contributed by atoms with E-state index < -0.39 is 11.6 Å². The molecule has 0 saturated carbocycles. The minimum Gasteiger partial charge on any atom is -0.268 e. The van der Waals surface area contributed by atoms with Crippen LogP contribution in [-0.4, -0.2) is 7.76 Å². The van der Waals surface area contributed by atoms with Crippen molar-refractivity contribution in [2.75, 3.05) is 0 Å². The Labute approximate surface area is 167 Å². The van der Waals surface area contributed by atoms with Crippen LogP contribution in [0.5, 0.6) is 0 Å². The number of para-hydroxylation sites is 2. The van der Waals surface area contributed by atoms with Crippen LogP contribution in [0.1, 0.15) is 62.8 Å². The van der Waals surface area contributed by atoms with Crippen LogP contribution in [0, 0.1) is 11.6 Å². The summed E-state index contributed by atoms with van der Waals surface area (Å²) in [6.45, 7) is 2.19. The zero-order valence-corrected chi connectivity index (χ0v) is 17.0. The number of halogens is 3. The summed E-state index contributed by atoms with van der Waals surface area (Å²) < 4.78 is 29.9. The third-order valence-corrected chi connectivity index (χ3v) is 5.79. The topological polar surface area (TPSA) is 17.8 Å². The molecule has 1 unspecified atom stereocenters. The summed E-state index contributed by atoms with van der Waals surface area (Å²) in [5, 5.41) is 0. The molecule has 0 saturated heterocycles. The molecule has 0 aliphatic rings. The molecule has 1 heterocycles. The summed E-state index contributed by atoms with van der Waals surface area (Å²) in [7, 11) is 0. The van der Waals surface area contributed by atoms with E-state index >= 15 is 0 Å². The van der Waals surface area contributed by atoms with E-state index in [0.29, 0.717) is 5.56 Å². The predicted octanol–water partition coefficient (Wildman–Crippen LogP) is 7.01. The van der Waals surface area contributed by atoms with Crippen LogP contribution >= 0.6 is 22.9 Å². The molecular weight excluding hydrogens is 445 g/mol. The zero-order valence-electron chi connectivity index (χ0n) is 14.9. The van der Waals surface area contributed by atoms with Crippen molar-refractivity contribution in [3.63, 3.8) is 0 Å². The van der Waals surface area contributed by atoms with E-state index in [-0.39, 0.29) is 5.92 Å². The number of nitrogens with zero attached hydrogens (tertiary/aromatic N) is 2. The summed E-state index contributed by atoms with van der Waals surface area (Å²) in [5.74, 6) is -0.391. The van der Waals surface area contributed by atoms with Crippen molar-refractivity contribution in [2.45, 2.75) is 51.4 Å². The Morgan fingerprint density at radius 1 is 1.04 bits per heavy atom. The Hall–Kier alpha value is -1.50. The van der Waals surface area contributed by atoms with Gasteiger partial charge in [0.2, 0.25) is 0 Å². The van der Waals surface area contributed by atoms with Gasteiger partial charge in [-0.25, -0.2) is 13.8 Å². The molecule has 1 aromatic heterocycles. The standard InChI is InChI=1S/C21H23F2IN2/c1-2-3-4-5-6-9-17(16-13-12-15(22)14-18(16)23)21-25-19-10-7-8-11-20(19)26(21)24/h7-8,10-14,17H,2-6,9H2,1H3. The average Bonchev–Trinajstić information content (AvgIpc) is 2.96. The lowest BCUT2D eigenvalue weighted by Crippen LogP contribution is -2.08. The van der Waals surface area contributed by atoms with Crippen molar-refractivity contribution in [1.82, 2.24) is 7.76 Å². The molecule has 0 amide bonds. The van der Waals surface area contributed by atoms with Crippen molar-refractivity contribution in [3.8, 4) is 0 Å². The first-order chi connectivity index (χ1) is 12.6. The molecule has 0 aliphatic carbocycles. The highest BCUT2D eigenvalue weighted by Gasteiger charge is 2.24. The molecule has 26 heavy (non-hydrogen) atoms. The normalized spacial score (nSPS) is 12.6. The zero-order chi connectivity index (χ0) is 18.5. The molecule has 138 valence electrons. The first-order valence-corrected chi connectivity index (χ1v) is 10.2. The van der Waals surface area contributed by atoms with Crippen LogP contribution in [-0.2, 0) is 0 Å². The van der Waals surface area contributed by atoms with E-state index in [4.69, 9.17) is 4.98 Å². The molecule has 0 bridgehead atoms. The molecule has 5 heteroatoms. The summed E-state index contributed by atoms with van der Waals surface area (Å²) >= 11 is 2.23. The summed E-state index contributed by atoms with van der Waals surface area (Å²) in [6, 6.07) is 11.8. The first-order valence-electron chi connectivity index (χ1n) is 9.20. The fourth-order valence-corrected chi connectivity index (χ4v) is 4.24. The number of unbranched alkanes of at least 4 members (excludes halogenated alkanes) is 4. The Bertz CT molecular complexity index is 876. The van der Waals surface area contributed by atoms with Gasteiger partial charge in [-0.1, -0.05) is 57.2 Å². The van der Waals surface area contributed by atoms with Crippen LogP contribution in [0.3, 0.4) is 0 Å². The molecule has 0 spiro atoms. The minimum absolute atomic E-state index is 0.179. The van der Waals surface area contributed by atoms with Gasteiger partial charge in [-0.15, -0.1) is 0 Å². The summed E-state index contributed by atoms with van der Waals surface area (Å²) in [5.41, 5.74) is 2.44. The maximum atomic E-state index is 14.5. The molecule has 0 fully saturated rings. The fraction of sp³-hybridized carbons (Fsp3) is 0.381. The number of hydrogen-bond donors (Lipinski definition) is 0. The lowest BCUT2D eigenvalue weighted by Gasteiger charge is -2.17. The average molecular weight is 468 g/mol. The van der Waals surface area contributed by atoms with Crippen LogP contribution in [0.25, 0.3) is 11.0 Å². The van der Waals surface area contributed by atoms with Crippen molar-refractivity contribution < 1.29 is 8.78 Å². The number of rotatable bonds is 8. The molecule has 3 aromatic rings. The summed E-state index contributed by atoms with van der Waals surface area (Å²) in [6.07, 6.45) is 6.53. The van der Waals surface area contributed by atoms with Crippen molar-refractivity contribution in [2.24, 2.45) is 0 Å². The molecule has 0 radical (unpaired) electrons.